The van der Waals surface area contributed by atoms with E-state index in [2.05, 4.69) is 15.9 Å². The molecule has 6 nitrogen and oxygen atoms in total. The first-order chi connectivity index (χ1) is 11.9. The van der Waals surface area contributed by atoms with Crippen molar-refractivity contribution < 1.29 is 14.3 Å². The lowest BCUT2D eigenvalue weighted by Crippen LogP contribution is -2.52. The number of halogens is 2. The van der Waals surface area contributed by atoms with Gasteiger partial charge < -0.3 is 19.4 Å². The van der Waals surface area contributed by atoms with Crippen molar-refractivity contribution in [3.63, 3.8) is 0 Å². The molecule has 1 aromatic rings. The number of urea groups is 1. The van der Waals surface area contributed by atoms with Crippen LogP contribution in [0.3, 0.4) is 0 Å². The number of hydrogen-bond donors (Lipinski definition) is 0. The number of ether oxygens (including phenoxy) is 1. The minimum Gasteiger partial charge on any atom is -0.492 e. The van der Waals surface area contributed by atoms with Gasteiger partial charge in [0, 0.05) is 51.2 Å². The summed E-state index contributed by atoms with van der Waals surface area (Å²) in [5, 5.41) is 0.544. The fourth-order valence-electron chi connectivity index (χ4n) is 2.59. The van der Waals surface area contributed by atoms with Gasteiger partial charge in [-0.05, 0) is 24.6 Å². The lowest BCUT2D eigenvalue weighted by molar-refractivity contribution is -0.132. The highest BCUT2D eigenvalue weighted by Crippen LogP contribution is 2.27. The van der Waals surface area contributed by atoms with Gasteiger partial charge in [0.15, 0.2) is 0 Å². The third-order valence-corrected chi connectivity index (χ3v) is 4.76. The molecule has 138 valence electrons. The molecule has 0 bridgehead atoms. The Hall–Kier alpha value is -1.47. The monoisotopic (exact) mass is 431 g/mol. The predicted molar refractivity (Wildman–Crippen MR) is 101 cm³/mol. The summed E-state index contributed by atoms with van der Waals surface area (Å²) >= 11 is 9.43. The summed E-state index contributed by atoms with van der Waals surface area (Å²) in [5.41, 5.74) is 0. The fraction of sp³-hybridized carbons (Fsp3) is 0.529. The molecule has 2 rings (SSSR count). The Morgan fingerprint density at radius 3 is 2.44 bits per heavy atom. The largest absolute Gasteiger partial charge is 0.492 e. The molecule has 1 aliphatic heterocycles. The van der Waals surface area contributed by atoms with Crippen LogP contribution in [-0.2, 0) is 4.79 Å². The first-order valence-corrected chi connectivity index (χ1v) is 9.37. The second kappa shape index (κ2) is 9.29. The van der Waals surface area contributed by atoms with E-state index >= 15 is 0 Å². The van der Waals surface area contributed by atoms with E-state index in [1.807, 2.05) is 11.0 Å². The van der Waals surface area contributed by atoms with Crippen molar-refractivity contribution in [3.05, 3.63) is 27.7 Å². The average Bonchev–Trinajstić information content (AvgIpc) is 2.59. The Morgan fingerprint density at radius 1 is 1.20 bits per heavy atom. The summed E-state index contributed by atoms with van der Waals surface area (Å²) in [6.07, 6.45) is 1.05. The number of amides is 3. The van der Waals surface area contributed by atoms with E-state index in [1.54, 1.807) is 36.0 Å². The minimum absolute atomic E-state index is 0.00752. The summed E-state index contributed by atoms with van der Waals surface area (Å²) in [5.74, 6) is 0.718. The lowest BCUT2D eigenvalue weighted by Gasteiger charge is -2.36. The number of benzene rings is 1. The van der Waals surface area contributed by atoms with Gasteiger partial charge in [-0.1, -0.05) is 27.5 Å². The molecule has 1 aromatic carbocycles. The van der Waals surface area contributed by atoms with Crippen LogP contribution in [0.15, 0.2) is 22.7 Å². The zero-order valence-corrected chi connectivity index (χ0v) is 16.8. The molecule has 0 atom stereocenters. The Labute approximate surface area is 161 Å². The molecule has 0 aromatic heterocycles. The molecular formula is C17H23BrClN3O3. The van der Waals surface area contributed by atoms with Gasteiger partial charge in [-0.2, -0.15) is 0 Å². The molecule has 1 fully saturated rings. The van der Waals surface area contributed by atoms with Crippen molar-refractivity contribution in [2.75, 3.05) is 46.9 Å². The van der Waals surface area contributed by atoms with Crippen LogP contribution in [0.4, 0.5) is 4.79 Å². The van der Waals surface area contributed by atoms with Gasteiger partial charge in [-0.25, -0.2) is 4.79 Å². The van der Waals surface area contributed by atoms with Crippen LogP contribution < -0.4 is 4.74 Å². The summed E-state index contributed by atoms with van der Waals surface area (Å²) in [6, 6.07) is 5.43. The van der Waals surface area contributed by atoms with Crippen LogP contribution in [0, 0.1) is 0 Å². The van der Waals surface area contributed by atoms with Crippen molar-refractivity contribution in [2.24, 2.45) is 0 Å². The van der Waals surface area contributed by atoms with Gasteiger partial charge in [0.2, 0.25) is 5.91 Å². The van der Waals surface area contributed by atoms with Crippen molar-refractivity contribution >= 4 is 39.5 Å². The van der Waals surface area contributed by atoms with E-state index in [0.717, 1.165) is 4.47 Å². The summed E-state index contributed by atoms with van der Waals surface area (Å²) in [4.78, 5) is 29.3. The fourth-order valence-corrected chi connectivity index (χ4v) is 3.31. The molecule has 0 spiro atoms. The standard InChI is InChI=1S/C17H23BrClN3O3/c1-20(2)17(24)22-9-7-21(8-10-22)16(23)4-3-11-25-15-6-5-13(18)12-14(15)19/h5-6,12H,3-4,7-11H2,1-2H3. The maximum atomic E-state index is 12.3. The third-order valence-electron chi connectivity index (χ3n) is 3.97. The molecule has 3 amide bonds. The van der Waals surface area contributed by atoms with Crippen LogP contribution in [0.25, 0.3) is 0 Å². The minimum atomic E-state index is -0.00752. The Balaban J connectivity index is 1.68. The molecule has 1 heterocycles. The van der Waals surface area contributed by atoms with Crippen molar-refractivity contribution in [2.45, 2.75) is 12.8 Å². The van der Waals surface area contributed by atoms with Crippen LogP contribution in [0.5, 0.6) is 5.75 Å². The van der Waals surface area contributed by atoms with Crippen LogP contribution >= 0.6 is 27.5 Å². The van der Waals surface area contributed by atoms with Crippen molar-refractivity contribution in [1.82, 2.24) is 14.7 Å². The second-order valence-corrected chi connectivity index (χ2v) is 7.39. The van der Waals surface area contributed by atoms with Crippen LogP contribution in [0.2, 0.25) is 5.02 Å². The SMILES string of the molecule is CN(C)C(=O)N1CCN(C(=O)CCCOc2ccc(Br)cc2Cl)CC1. The highest BCUT2D eigenvalue weighted by Gasteiger charge is 2.24. The molecule has 8 heteroatoms. The smallest absolute Gasteiger partial charge is 0.319 e. The summed E-state index contributed by atoms with van der Waals surface area (Å²) < 4.78 is 6.52. The number of rotatable bonds is 5. The Bertz CT molecular complexity index is 619. The number of carbonyl (C=O) groups excluding carboxylic acids is 2. The summed E-state index contributed by atoms with van der Waals surface area (Å²) in [7, 11) is 3.47. The second-order valence-electron chi connectivity index (χ2n) is 6.07. The highest BCUT2D eigenvalue weighted by atomic mass is 79.9. The molecule has 0 unspecified atom stereocenters. The lowest BCUT2D eigenvalue weighted by atomic mass is 10.2. The molecule has 0 N–H and O–H groups in total. The maximum Gasteiger partial charge on any atom is 0.319 e. The molecule has 1 saturated heterocycles. The first kappa shape index (κ1) is 19.8. The van der Waals surface area contributed by atoms with Gasteiger partial charge in [-0.15, -0.1) is 0 Å². The van der Waals surface area contributed by atoms with E-state index in [1.165, 1.54) is 0 Å². The number of piperazine rings is 1. The predicted octanol–water partition coefficient (Wildman–Crippen LogP) is 3.09. The van der Waals surface area contributed by atoms with Crippen LogP contribution in [-0.4, -0.2) is 73.5 Å². The van der Waals surface area contributed by atoms with Gasteiger partial charge >= 0.3 is 6.03 Å². The molecule has 0 saturated carbocycles. The average molecular weight is 433 g/mol. The zero-order chi connectivity index (χ0) is 18.4. The van der Waals surface area contributed by atoms with E-state index in [9.17, 15) is 9.59 Å². The molecule has 0 radical (unpaired) electrons. The number of carbonyl (C=O) groups is 2. The molecular weight excluding hydrogens is 410 g/mol. The normalized spacial score (nSPS) is 14.4. The topological polar surface area (TPSA) is 53.1 Å². The Kier molecular flexibility index (Phi) is 7.38. The van der Waals surface area contributed by atoms with E-state index in [4.69, 9.17) is 16.3 Å². The van der Waals surface area contributed by atoms with Gasteiger partial charge in [0.25, 0.3) is 0 Å². The van der Waals surface area contributed by atoms with Gasteiger partial charge in [0.05, 0.1) is 11.6 Å². The number of nitrogens with zero attached hydrogens (tertiary/aromatic N) is 3. The zero-order valence-electron chi connectivity index (χ0n) is 14.5. The molecule has 25 heavy (non-hydrogen) atoms. The quantitative estimate of drug-likeness (QED) is 0.672. The third kappa shape index (κ3) is 5.78. The van der Waals surface area contributed by atoms with Gasteiger partial charge in [-0.3, -0.25) is 4.79 Å². The van der Waals surface area contributed by atoms with E-state index in [0.29, 0.717) is 56.4 Å². The van der Waals surface area contributed by atoms with E-state index in [-0.39, 0.29) is 11.9 Å². The number of hydrogen-bond acceptors (Lipinski definition) is 3. The van der Waals surface area contributed by atoms with Gasteiger partial charge in [0.1, 0.15) is 5.75 Å². The summed E-state index contributed by atoms with van der Waals surface area (Å²) in [6.45, 7) is 2.75. The maximum absolute atomic E-state index is 12.3. The molecule has 0 aliphatic carbocycles. The highest BCUT2D eigenvalue weighted by molar-refractivity contribution is 9.10. The van der Waals surface area contributed by atoms with Crippen molar-refractivity contribution in [1.29, 1.82) is 0 Å². The van der Waals surface area contributed by atoms with E-state index < -0.39 is 0 Å². The Morgan fingerprint density at radius 2 is 1.84 bits per heavy atom. The first-order valence-electron chi connectivity index (χ1n) is 8.20. The van der Waals surface area contributed by atoms with Crippen molar-refractivity contribution in [3.8, 4) is 5.75 Å². The van der Waals surface area contributed by atoms with Crippen LogP contribution in [0.1, 0.15) is 12.8 Å². The molecule has 1 aliphatic rings.